The molecule has 3 nitrogen and oxygen atoms in total. The normalized spacial score (nSPS) is 25.7. The highest BCUT2D eigenvalue weighted by atomic mass is 35.5. The summed E-state index contributed by atoms with van der Waals surface area (Å²) in [6.07, 6.45) is 0.395. The number of aromatic nitrogens is 1. The summed E-state index contributed by atoms with van der Waals surface area (Å²) in [5, 5.41) is 3.37. The molecule has 1 aliphatic heterocycles. The highest BCUT2D eigenvalue weighted by Crippen LogP contribution is 2.25. The molecule has 0 amide bonds. The van der Waals surface area contributed by atoms with E-state index in [1.165, 1.54) is 10.7 Å². The SMILES string of the molecule is CC1CN(Cc2nc(C(C)(C)C)cs2)CC(CCl)O1. The summed E-state index contributed by atoms with van der Waals surface area (Å²) in [6, 6.07) is 0. The van der Waals surface area contributed by atoms with Gasteiger partial charge in [0.15, 0.2) is 0 Å². The topological polar surface area (TPSA) is 25.4 Å². The summed E-state index contributed by atoms with van der Waals surface area (Å²) in [5.74, 6) is 0.561. The van der Waals surface area contributed by atoms with Crippen LogP contribution in [0.4, 0.5) is 0 Å². The maximum absolute atomic E-state index is 5.91. The first-order valence-corrected chi connectivity index (χ1v) is 8.18. The number of hydrogen-bond donors (Lipinski definition) is 0. The number of thiazole rings is 1. The van der Waals surface area contributed by atoms with Crippen molar-refractivity contribution in [3.05, 3.63) is 16.1 Å². The molecular formula is C14H23ClN2OS. The van der Waals surface area contributed by atoms with E-state index in [2.05, 4.69) is 38.0 Å². The number of hydrogen-bond acceptors (Lipinski definition) is 4. The van der Waals surface area contributed by atoms with Crippen molar-refractivity contribution in [2.24, 2.45) is 0 Å². The van der Waals surface area contributed by atoms with Crippen molar-refractivity contribution in [2.45, 2.75) is 51.9 Å². The molecule has 0 saturated carbocycles. The van der Waals surface area contributed by atoms with E-state index < -0.39 is 0 Å². The van der Waals surface area contributed by atoms with Gasteiger partial charge in [0.2, 0.25) is 0 Å². The number of halogens is 1. The third-order valence-electron chi connectivity index (χ3n) is 3.25. The zero-order valence-corrected chi connectivity index (χ0v) is 13.7. The molecule has 19 heavy (non-hydrogen) atoms. The van der Waals surface area contributed by atoms with Gasteiger partial charge in [-0.1, -0.05) is 20.8 Å². The Morgan fingerprint density at radius 3 is 2.79 bits per heavy atom. The van der Waals surface area contributed by atoms with E-state index in [1.54, 1.807) is 11.3 Å². The number of rotatable bonds is 3. The van der Waals surface area contributed by atoms with Crippen molar-refractivity contribution in [2.75, 3.05) is 19.0 Å². The predicted octanol–water partition coefficient (Wildman–Crippen LogP) is 3.27. The predicted molar refractivity (Wildman–Crippen MR) is 81.1 cm³/mol. The van der Waals surface area contributed by atoms with Crippen molar-refractivity contribution in [1.82, 2.24) is 9.88 Å². The van der Waals surface area contributed by atoms with Crippen LogP contribution < -0.4 is 0 Å². The Kier molecular flexibility index (Phi) is 4.88. The van der Waals surface area contributed by atoms with Gasteiger partial charge >= 0.3 is 0 Å². The van der Waals surface area contributed by atoms with E-state index in [1.807, 2.05) is 0 Å². The van der Waals surface area contributed by atoms with Gasteiger partial charge in [-0.2, -0.15) is 0 Å². The van der Waals surface area contributed by atoms with Crippen LogP contribution >= 0.6 is 22.9 Å². The molecule has 2 unspecified atom stereocenters. The quantitative estimate of drug-likeness (QED) is 0.801. The van der Waals surface area contributed by atoms with Crippen LogP contribution in [0.5, 0.6) is 0 Å². The Morgan fingerprint density at radius 1 is 1.47 bits per heavy atom. The molecular weight excluding hydrogens is 280 g/mol. The van der Waals surface area contributed by atoms with Gasteiger partial charge in [-0.3, -0.25) is 4.90 Å². The lowest BCUT2D eigenvalue weighted by Crippen LogP contribution is -2.46. The van der Waals surface area contributed by atoms with Crippen LogP contribution in [-0.4, -0.2) is 41.1 Å². The van der Waals surface area contributed by atoms with Gasteiger partial charge in [0.25, 0.3) is 0 Å². The lowest BCUT2D eigenvalue weighted by molar-refractivity contribution is -0.0689. The van der Waals surface area contributed by atoms with Crippen LogP contribution in [0, 0.1) is 0 Å². The summed E-state index contributed by atoms with van der Waals surface area (Å²) >= 11 is 7.67. The molecule has 0 N–H and O–H groups in total. The fourth-order valence-corrected chi connectivity index (χ4v) is 3.51. The van der Waals surface area contributed by atoms with Gasteiger partial charge in [0.05, 0.1) is 24.4 Å². The number of morpholine rings is 1. The maximum atomic E-state index is 5.91. The van der Waals surface area contributed by atoms with Crippen molar-refractivity contribution in [1.29, 1.82) is 0 Å². The van der Waals surface area contributed by atoms with Crippen molar-refractivity contribution in [3.8, 4) is 0 Å². The lowest BCUT2D eigenvalue weighted by atomic mass is 9.93. The number of alkyl halides is 1. The Labute approximate surface area is 124 Å². The molecule has 0 radical (unpaired) electrons. The van der Waals surface area contributed by atoms with E-state index in [-0.39, 0.29) is 17.6 Å². The van der Waals surface area contributed by atoms with Crippen LogP contribution in [0.25, 0.3) is 0 Å². The summed E-state index contributed by atoms with van der Waals surface area (Å²) in [6.45, 7) is 11.5. The fourth-order valence-electron chi connectivity index (χ4n) is 2.27. The molecule has 0 aromatic carbocycles. The standard InChI is InChI=1S/C14H23ClN2OS/c1-10-6-17(7-11(5-15)18-10)8-13-16-12(9-19-13)14(2,3)4/h9-11H,5-8H2,1-4H3. The first-order valence-electron chi connectivity index (χ1n) is 6.77. The average Bonchev–Trinajstić information content (AvgIpc) is 2.76. The van der Waals surface area contributed by atoms with Crippen molar-refractivity contribution >= 4 is 22.9 Å². The molecule has 0 bridgehead atoms. The maximum Gasteiger partial charge on any atom is 0.107 e. The van der Waals surface area contributed by atoms with Gasteiger partial charge < -0.3 is 4.74 Å². The summed E-state index contributed by atoms with van der Waals surface area (Å²) in [4.78, 5) is 7.15. The van der Waals surface area contributed by atoms with E-state index in [0.29, 0.717) is 5.88 Å². The minimum absolute atomic E-state index is 0.131. The van der Waals surface area contributed by atoms with E-state index >= 15 is 0 Å². The summed E-state index contributed by atoms with van der Waals surface area (Å²) in [5.41, 5.74) is 1.31. The highest BCUT2D eigenvalue weighted by molar-refractivity contribution is 7.09. The summed E-state index contributed by atoms with van der Waals surface area (Å²) < 4.78 is 5.77. The largest absolute Gasteiger partial charge is 0.371 e. The summed E-state index contributed by atoms with van der Waals surface area (Å²) in [7, 11) is 0. The third kappa shape index (κ3) is 4.15. The molecule has 0 aliphatic carbocycles. The van der Waals surface area contributed by atoms with Crippen LogP contribution in [0.3, 0.4) is 0 Å². The average molecular weight is 303 g/mol. The molecule has 2 rings (SSSR count). The van der Waals surface area contributed by atoms with E-state index in [9.17, 15) is 0 Å². The van der Waals surface area contributed by atoms with Crippen molar-refractivity contribution in [3.63, 3.8) is 0 Å². The molecule has 1 saturated heterocycles. The van der Waals surface area contributed by atoms with Crippen molar-refractivity contribution < 1.29 is 4.74 Å². The molecule has 108 valence electrons. The Hall–Kier alpha value is -0.160. The number of nitrogens with zero attached hydrogens (tertiary/aromatic N) is 2. The molecule has 2 heterocycles. The van der Waals surface area contributed by atoms with Gasteiger partial charge in [-0.05, 0) is 6.92 Å². The zero-order valence-electron chi connectivity index (χ0n) is 12.1. The second-order valence-electron chi connectivity index (χ2n) is 6.29. The lowest BCUT2D eigenvalue weighted by Gasteiger charge is -2.35. The van der Waals surface area contributed by atoms with Gasteiger partial charge in [0.1, 0.15) is 5.01 Å². The third-order valence-corrected chi connectivity index (χ3v) is 4.43. The van der Waals surface area contributed by atoms with E-state index in [4.69, 9.17) is 21.3 Å². The molecule has 1 aliphatic rings. The second-order valence-corrected chi connectivity index (χ2v) is 7.54. The monoisotopic (exact) mass is 302 g/mol. The van der Waals surface area contributed by atoms with Crippen LogP contribution in [-0.2, 0) is 16.7 Å². The first kappa shape index (κ1) is 15.2. The molecule has 2 atom stereocenters. The van der Waals surface area contributed by atoms with Crippen LogP contribution in [0.1, 0.15) is 38.4 Å². The van der Waals surface area contributed by atoms with E-state index in [0.717, 1.165) is 19.6 Å². The molecule has 0 spiro atoms. The Morgan fingerprint density at radius 2 is 2.21 bits per heavy atom. The minimum atomic E-state index is 0.131. The smallest absolute Gasteiger partial charge is 0.107 e. The molecule has 1 fully saturated rings. The molecule has 5 heteroatoms. The van der Waals surface area contributed by atoms with Gasteiger partial charge in [0, 0.05) is 29.8 Å². The Bertz CT molecular complexity index is 416. The van der Waals surface area contributed by atoms with Gasteiger partial charge in [-0.15, -0.1) is 22.9 Å². The fraction of sp³-hybridized carbons (Fsp3) is 0.786. The van der Waals surface area contributed by atoms with Gasteiger partial charge in [-0.25, -0.2) is 4.98 Å². The zero-order chi connectivity index (χ0) is 14.0. The number of ether oxygens (including phenoxy) is 1. The molecule has 1 aromatic rings. The first-order chi connectivity index (χ1) is 8.88. The van der Waals surface area contributed by atoms with Crippen LogP contribution in [0.2, 0.25) is 0 Å². The minimum Gasteiger partial charge on any atom is -0.371 e. The highest BCUT2D eigenvalue weighted by Gasteiger charge is 2.25. The van der Waals surface area contributed by atoms with Crippen LogP contribution in [0.15, 0.2) is 5.38 Å². The second kappa shape index (κ2) is 6.08. The Balaban J connectivity index is 1.99. The molecule has 1 aromatic heterocycles.